The Morgan fingerprint density at radius 1 is 1.38 bits per heavy atom. The maximum atomic E-state index is 11.7. The van der Waals surface area contributed by atoms with Gasteiger partial charge in [0.05, 0.1) is 5.75 Å². The molecule has 1 unspecified atom stereocenters. The van der Waals surface area contributed by atoms with Gasteiger partial charge in [-0.05, 0) is 37.6 Å². The Kier molecular flexibility index (Phi) is 5.64. The fraction of sp³-hybridized carbons (Fsp3) is 0.357. The zero-order chi connectivity index (χ0) is 15.2. The van der Waals surface area contributed by atoms with E-state index in [4.69, 9.17) is 16.0 Å². The number of benzene rings is 1. The Hall–Kier alpha value is -1.53. The number of halogens is 1. The molecule has 0 bridgehead atoms. The van der Waals surface area contributed by atoms with Crippen molar-refractivity contribution in [1.82, 2.24) is 15.5 Å². The van der Waals surface area contributed by atoms with Crippen LogP contribution in [-0.4, -0.2) is 27.9 Å². The highest BCUT2D eigenvalue weighted by Gasteiger charge is 2.12. The third-order valence-electron chi connectivity index (χ3n) is 2.84. The van der Waals surface area contributed by atoms with E-state index in [1.165, 1.54) is 11.8 Å². The molecular weight excluding hydrogens is 310 g/mol. The van der Waals surface area contributed by atoms with Gasteiger partial charge < -0.3 is 9.73 Å². The molecule has 0 fully saturated rings. The molecule has 0 saturated heterocycles. The molecule has 2 rings (SSSR count). The van der Waals surface area contributed by atoms with Crippen LogP contribution in [0.2, 0.25) is 5.02 Å². The second-order valence-corrected chi connectivity index (χ2v) is 5.91. The Morgan fingerprint density at radius 2 is 2.10 bits per heavy atom. The molecule has 1 aromatic carbocycles. The fourth-order valence-electron chi connectivity index (χ4n) is 1.52. The normalized spacial score (nSPS) is 12.1. The van der Waals surface area contributed by atoms with Crippen molar-refractivity contribution >= 4 is 29.3 Å². The Bertz CT molecular complexity index is 601. The predicted octanol–water partition coefficient (Wildman–Crippen LogP) is 3.40. The molecule has 0 spiro atoms. The van der Waals surface area contributed by atoms with E-state index in [2.05, 4.69) is 15.5 Å². The summed E-state index contributed by atoms with van der Waals surface area (Å²) in [6, 6.07) is 7.30. The molecule has 0 aliphatic heterocycles. The number of nitrogens with zero attached hydrogens (tertiary/aromatic N) is 2. The van der Waals surface area contributed by atoms with Crippen LogP contribution in [0.25, 0.3) is 11.5 Å². The Balaban J connectivity index is 1.91. The number of hydrogen-bond donors (Lipinski definition) is 1. The monoisotopic (exact) mass is 325 g/mol. The minimum absolute atomic E-state index is 0.0411. The molecule has 21 heavy (non-hydrogen) atoms. The lowest BCUT2D eigenvalue weighted by Crippen LogP contribution is -2.33. The van der Waals surface area contributed by atoms with Crippen LogP contribution in [0, 0.1) is 0 Å². The molecule has 1 N–H and O–H groups in total. The zero-order valence-corrected chi connectivity index (χ0v) is 13.4. The van der Waals surface area contributed by atoms with E-state index < -0.39 is 0 Å². The van der Waals surface area contributed by atoms with Gasteiger partial charge in [-0.15, -0.1) is 10.2 Å². The van der Waals surface area contributed by atoms with Crippen LogP contribution >= 0.6 is 23.4 Å². The van der Waals surface area contributed by atoms with Gasteiger partial charge in [-0.3, -0.25) is 4.79 Å². The van der Waals surface area contributed by atoms with E-state index in [1.807, 2.05) is 13.8 Å². The van der Waals surface area contributed by atoms with Gasteiger partial charge in [0.1, 0.15) is 0 Å². The molecule has 1 amide bonds. The van der Waals surface area contributed by atoms with Crippen molar-refractivity contribution in [3.05, 3.63) is 29.3 Å². The Morgan fingerprint density at radius 3 is 2.76 bits per heavy atom. The van der Waals surface area contributed by atoms with E-state index in [9.17, 15) is 4.79 Å². The maximum absolute atomic E-state index is 11.7. The van der Waals surface area contributed by atoms with Crippen molar-refractivity contribution in [3.63, 3.8) is 0 Å². The average Bonchev–Trinajstić information content (AvgIpc) is 2.94. The van der Waals surface area contributed by atoms with E-state index in [0.29, 0.717) is 16.1 Å². The van der Waals surface area contributed by atoms with Gasteiger partial charge >= 0.3 is 0 Å². The highest BCUT2D eigenvalue weighted by atomic mass is 35.5. The second-order valence-electron chi connectivity index (χ2n) is 4.55. The van der Waals surface area contributed by atoms with Gasteiger partial charge in [0.2, 0.25) is 11.8 Å². The second kappa shape index (κ2) is 7.47. The van der Waals surface area contributed by atoms with Crippen molar-refractivity contribution in [3.8, 4) is 11.5 Å². The fourth-order valence-corrected chi connectivity index (χ4v) is 2.22. The molecular formula is C14H16ClN3O2S. The van der Waals surface area contributed by atoms with Crippen LogP contribution in [-0.2, 0) is 4.79 Å². The topological polar surface area (TPSA) is 68.0 Å². The van der Waals surface area contributed by atoms with E-state index in [0.717, 1.165) is 12.0 Å². The van der Waals surface area contributed by atoms with Crippen molar-refractivity contribution < 1.29 is 9.21 Å². The number of carbonyl (C=O) groups excluding carboxylic acids is 1. The van der Waals surface area contributed by atoms with Crippen molar-refractivity contribution in [1.29, 1.82) is 0 Å². The molecule has 0 saturated carbocycles. The lowest BCUT2D eigenvalue weighted by Gasteiger charge is -2.09. The van der Waals surface area contributed by atoms with Gasteiger partial charge in [-0.1, -0.05) is 30.3 Å². The van der Waals surface area contributed by atoms with Gasteiger partial charge in [-0.2, -0.15) is 0 Å². The molecule has 0 radical (unpaired) electrons. The van der Waals surface area contributed by atoms with E-state index in [-0.39, 0.29) is 17.7 Å². The van der Waals surface area contributed by atoms with E-state index >= 15 is 0 Å². The number of hydrogen-bond acceptors (Lipinski definition) is 5. The lowest BCUT2D eigenvalue weighted by molar-refractivity contribution is -0.119. The lowest BCUT2D eigenvalue weighted by atomic mass is 10.2. The largest absolute Gasteiger partial charge is 0.411 e. The van der Waals surface area contributed by atoms with Gasteiger partial charge in [0.15, 0.2) is 0 Å². The third kappa shape index (κ3) is 4.75. The van der Waals surface area contributed by atoms with Gasteiger partial charge in [0.25, 0.3) is 5.22 Å². The minimum atomic E-state index is -0.0411. The molecule has 0 aliphatic carbocycles. The first-order chi connectivity index (χ1) is 10.1. The minimum Gasteiger partial charge on any atom is -0.411 e. The molecule has 7 heteroatoms. The number of nitrogens with one attached hydrogen (secondary N) is 1. The summed E-state index contributed by atoms with van der Waals surface area (Å²) in [4.78, 5) is 11.7. The summed E-state index contributed by atoms with van der Waals surface area (Å²) in [5, 5.41) is 11.8. The number of rotatable bonds is 6. The highest BCUT2D eigenvalue weighted by molar-refractivity contribution is 7.99. The molecule has 2 aromatic rings. The molecule has 5 nitrogen and oxygen atoms in total. The summed E-state index contributed by atoms with van der Waals surface area (Å²) in [5.41, 5.74) is 0.794. The Labute approximate surface area is 132 Å². The summed E-state index contributed by atoms with van der Waals surface area (Å²) in [7, 11) is 0. The SMILES string of the molecule is CCC(C)NC(=O)CSc1nnc(-c2ccc(Cl)cc2)o1. The summed E-state index contributed by atoms with van der Waals surface area (Å²) < 4.78 is 5.51. The first kappa shape index (κ1) is 15.9. The maximum Gasteiger partial charge on any atom is 0.277 e. The van der Waals surface area contributed by atoms with Crippen LogP contribution in [0.3, 0.4) is 0 Å². The molecule has 112 valence electrons. The summed E-state index contributed by atoms with van der Waals surface area (Å²) >= 11 is 7.05. The van der Waals surface area contributed by atoms with Crippen LogP contribution in [0.1, 0.15) is 20.3 Å². The number of aromatic nitrogens is 2. The van der Waals surface area contributed by atoms with Crippen LogP contribution in [0.5, 0.6) is 0 Å². The van der Waals surface area contributed by atoms with Crippen LogP contribution in [0.4, 0.5) is 0 Å². The number of carbonyl (C=O) groups is 1. The predicted molar refractivity (Wildman–Crippen MR) is 83.4 cm³/mol. The molecule has 1 atom stereocenters. The summed E-state index contributed by atoms with van der Waals surface area (Å²) in [5.74, 6) is 0.629. The first-order valence-corrected chi connectivity index (χ1v) is 7.96. The smallest absolute Gasteiger partial charge is 0.277 e. The molecule has 0 aliphatic rings. The number of thioether (sulfide) groups is 1. The third-order valence-corrected chi connectivity index (χ3v) is 3.91. The van der Waals surface area contributed by atoms with Gasteiger partial charge in [-0.25, -0.2) is 0 Å². The summed E-state index contributed by atoms with van der Waals surface area (Å²) in [6.45, 7) is 3.99. The van der Waals surface area contributed by atoms with Crippen molar-refractivity contribution in [2.24, 2.45) is 0 Å². The highest BCUT2D eigenvalue weighted by Crippen LogP contribution is 2.24. The molecule has 1 heterocycles. The number of amides is 1. The van der Waals surface area contributed by atoms with Crippen molar-refractivity contribution in [2.75, 3.05) is 5.75 Å². The first-order valence-electron chi connectivity index (χ1n) is 6.60. The van der Waals surface area contributed by atoms with Gasteiger partial charge in [0, 0.05) is 16.6 Å². The summed E-state index contributed by atoms with van der Waals surface area (Å²) in [6.07, 6.45) is 0.900. The van der Waals surface area contributed by atoms with Crippen LogP contribution < -0.4 is 5.32 Å². The van der Waals surface area contributed by atoms with Crippen LogP contribution in [0.15, 0.2) is 33.9 Å². The zero-order valence-electron chi connectivity index (χ0n) is 11.8. The molecule has 1 aromatic heterocycles. The average molecular weight is 326 g/mol. The quantitative estimate of drug-likeness (QED) is 0.824. The standard InChI is InChI=1S/C14H16ClN3O2S/c1-3-9(2)16-12(19)8-21-14-18-17-13(20-14)10-4-6-11(15)7-5-10/h4-7,9H,3,8H2,1-2H3,(H,16,19). The van der Waals surface area contributed by atoms with Crippen molar-refractivity contribution in [2.45, 2.75) is 31.5 Å². The van der Waals surface area contributed by atoms with E-state index in [1.54, 1.807) is 24.3 Å².